The Morgan fingerprint density at radius 3 is 2.87 bits per heavy atom. The maximum absolute atomic E-state index is 11.8. The van der Waals surface area contributed by atoms with Crippen LogP contribution in [0.3, 0.4) is 0 Å². The molecule has 1 atom stereocenters. The molecule has 1 saturated heterocycles. The summed E-state index contributed by atoms with van der Waals surface area (Å²) in [4.78, 5) is 16.1. The van der Waals surface area contributed by atoms with Gasteiger partial charge in [-0.2, -0.15) is 0 Å². The van der Waals surface area contributed by atoms with Crippen LogP contribution in [0.1, 0.15) is 26.7 Å². The van der Waals surface area contributed by atoms with Crippen molar-refractivity contribution in [3.05, 3.63) is 0 Å². The number of hydrogen-bond donors (Lipinski definition) is 0. The minimum atomic E-state index is 0.0515. The number of nitrogens with zero attached hydrogens (tertiary/aromatic N) is 2. The highest BCUT2D eigenvalue weighted by Crippen LogP contribution is 2.18. The van der Waals surface area contributed by atoms with Gasteiger partial charge >= 0.3 is 0 Å². The number of likely N-dealkylation sites (N-methyl/N-ethyl adjacent to an activating group) is 1. The highest BCUT2D eigenvalue weighted by molar-refractivity contribution is 9.10. The molecule has 0 aromatic heterocycles. The van der Waals surface area contributed by atoms with E-state index in [9.17, 15) is 4.79 Å². The molecule has 1 rings (SSSR count). The van der Waals surface area contributed by atoms with Crippen LogP contribution in [0.25, 0.3) is 0 Å². The summed E-state index contributed by atoms with van der Waals surface area (Å²) in [6.07, 6.45) is 2.10. The largest absolute Gasteiger partial charge is 0.340 e. The molecule has 15 heavy (non-hydrogen) atoms. The van der Waals surface area contributed by atoms with Crippen molar-refractivity contribution >= 4 is 21.8 Å². The minimum absolute atomic E-state index is 0.0515. The summed E-state index contributed by atoms with van der Waals surface area (Å²) in [5.74, 6) is 0.262. The number of hydrogen-bond acceptors (Lipinski definition) is 2. The Bertz CT molecular complexity index is 221. The third-order valence-corrected chi connectivity index (χ3v) is 3.92. The van der Waals surface area contributed by atoms with Crippen LogP contribution in [-0.4, -0.2) is 53.3 Å². The van der Waals surface area contributed by atoms with Crippen molar-refractivity contribution in [1.29, 1.82) is 0 Å². The zero-order valence-corrected chi connectivity index (χ0v) is 11.5. The summed E-state index contributed by atoms with van der Waals surface area (Å²) in [5, 5.41) is 0. The molecule has 0 bridgehead atoms. The summed E-state index contributed by atoms with van der Waals surface area (Å²) < 4.78 is 0. The van der Waals surface area contributed by atoms with E-state index in [1.54, 1.807) is 0 Å². The molecule has 0 radical (unpaired) electrons. The number of amides is 1. The van der Waals surface area contributed by atoms with Crippen LogP contribution in [0.4, 0.5) is 0 Å². The molecule has 0 aromatic rings. The van der Waals surface area contributed by atoms with E-state index in [0.29, 0.717) is 6.04 Å². The Balaban J connectivity index is 2.34. The predicted octanol–water partition coefficient (Wildman–Crippen LogP) is 1.71. The molecule has 88 valence electrons. The Morgan fingerprint density at radius 2 is 2.27 bits per heavy atom. The van der Waals surface area contributed by atoms with E-state index in [-0.39, 0.29) is 10.7 Å². The first-order valence-corrected chi connectivity index (χ1v) is 6.57. The van der Waals surface area contributed by atoms with E-state index in [1.807, 2.05) is 4.90 Å². The Labute approximate surface area is 101 Å². The fraction of sp³-hybridized carbons (Fsp3) is 0.909. The summed E-state index contributed by atoms with van der Waals surface area (Å²) in [5.41, 5.74) is 0. The second kappa shape index (κ2) is 5.85. The number of carbonyl (C=O) groups excluding carboxylic acids is 1. The summed E-state index contributed by atoms with van der Waals surface area (Å²) >= 11 is 3.43. The quantitative estimate of drug-likeness (QED) is 0.730. The minimum Gasteiger partial charge on any atom is -0.340 e. The van der Waals surface area contributed by atoms with Crippen molar-refractivity contribution in [3.63, 3.8) is 0 Å². The molecule has 0 spiro atoms. The zero-order chi connectivity index (χ0) is 11.4. The van der Waals surface area contributed by atoms with Gasteiger partial charge in [-0.3, -0.25) is 4.79 Å². The first-order chi connectivity index (χ1) is 7.02. The number of halogens is 1. The molecule has 0 saturated carbocycles. The molecule has 0 N–H and O–H groups in total. The Hall–Kier alpha value is -0.0900. The molecule has 3 nitrogen and oxygen atoms in total. The molecular formula is C11H21BrN2O. The van der Waals surface area contributed by atoms with Gasteiger partial charge in [0.25, 0.3) is 0 Å². The van der Waals surface area contributed by atoms with E-state index in [1.165, 1.54) is 0 Å². The number of rotatable bonds is 4. The highest BCUT2D eigenvalue weighted by atomic mass is 79.9. The number of carbonyl (C=O) groups is 1. The Kier molecular flexibility index (Phi) is 5.06. The van der Waals surface area contributed by atoms with Gasteiger partial charge in [-0.25, -0.2) is 0 Å². The lowest BCUT2D eigenvalue weighted by molar-refractivity contribution is -0.132. The van der Waals surface area contributed by atoms with Crippen molar-refractivity contribution in [2.75, 3.05) is 26.7 Å². The maximum Gasteiger partial charge on any atom is 0.236 e. The molecule has 0 aromatic carbocycles. The highest BCUT2D eigenvalue weighted by Gasteiger charge is 2.26. The topological polar surface area (TPSA) is 23.6 Å². The van der Waals surface area contributed by atoms with Crippen molar-refractivity contribution in [2.45, 2.75) is 37.6 Å². The maximum atomic E-state index is 11.8. The van der Waals surface area contributed by atoms with Gasteiger partial charge in [0.15, 0.2) is 0 Å². The lowest BCUT2D eigenvalue weighted by atomic mass is 10.1. The van der Waals surface area contributed by atoms with Gasteiger partial charge in [-0.05, 0) is 33.7 Å². The summed E-state index contributed by atoms with van der Waals surface area (Å²) in [6.45, 7) is 7.09. The normalized spacial score (nSPS) is 22.9. The molecule has 1 aliphatic heterocycles. The first-order valence-electron chi connectivity index (χ1n) is 5.65. The van der Waals surface area contributed by atoms with Gasteiger partial charge in [-0.1, -0.05) is 15.9 Å². The molecule has 1 amide bonds. The monoisotopic (exact) mass is 276 g/mol. The fourth-order valence-electron chi connectivity index (χ4n) is 1.65. The summed E-state index contributed by atoms with van der Waals surface area (Å²) in [6, 6.07) is 0.546. The van der Waals surface area contributed by atoms with Crippen LogP contribution < -0.4 is 0 Å². The van der Waals surface area contributed by atoms with Gasteiger partial charge < -0.3 is 9.80 Å². The number of piperidine rings is 1. The standard InChI is InChI=1S/C11H21BrN2O/c1-9(2)13(3)7-8-14-6-4-5-10(12)11(14)15/h9-10H,4-8H2,1-3H3. The SMILES string of the molecule is CC(C)N(C)CCN1CCCC(Br)C1=O. The fourth-order valence-corrected chi connectivity index (χ4v) is 2.27. The third kappa shape index (κ3) is 3.76. The first kappa shape index (κ1) is 13.0. The molecule has 1 aliphatic rings. The van der Waals surface area contributed by atoms with Crippen LogP contribution in [0.2, 0.25) is 0 Å². The van der Waals surface area contributed by atoms with Crippen molar-refractivity contribution in [2.24, 2.45) is 0 Å². The van der Waals surface area contributed by atoms with E-state index in [2.05, 4.69) is 41.7 Å². The van der Waals surface area contributed by atoms with Crippen molar-refractivity contribution in [3.8, 4) is 0 Å². The molecule has 1 fully saturated rings. The van der Waals surface area contributed by atoms with Gasteiger partial charge in [0, 0.05) is 25.7 Å². The van der Waals surface area contributed by atoms with Gasteiger partial charge in [-0.15, -0.1) is 0 Å². The van der Waals surface area contributed by atoms with Crippen LogP contribution in [0.15, 0.2) is 0 Å². The molecular weight excluding hydrogens is 256 g/mol. The van der Waals surface area contributed by atoms with E-state index in [4.69, 9.17) is 0 Å². The molecule has 1 heterocycles. The second-order valence-electron chi connectivity index (χ2n) is 4.51. The van der Waals surface area contributed by atoms with Crippen molar-refractivity contribution in [1.82, 2.24) is 9.80 Å². The van der Waals surface area contributed by atoms with E-state index >= 15 is 0 Å². The van der Waals surface area contributed by atoms with Gasteiger partial charge in [0.05, 0.1) is 4.83 Å². The van der Waals surface area contributed by atoms with Crippen LogP contribution >= 0.6 is 15.9 Å². The van der Waals surface area contributed by atoms with Crippen LogP contribution in [0, 0.1) is 0 Å². The van der Waals surface area contributed by atoms with E-state index in [0.717, 1.165) is 32.5 Å². The third-order valence-electron chi connectivity index (χ3n) is 3.07. The van der Waals surface area contributed by atoms with E-state index < -0.39 is 0 Å². The van der Waals surface area contributed by atoms with Crippen LogP contribution in [-0.2, 0) is 4.79 Å². The van der Waals surface area contributed by atoms with Gasteiger partial charge in [0.1, 0.15) is 0 Å². The Morgan fingerprint density at radius 1 is 1.60 bits per heavy atom. The average molecular weight is 277 g/mol. The predicted molar refractivity (Wildman–Crippen MR) is 66.3 cm³/mol. The smallest absolute Gasteiger partial charge is 0.236 e. The molecule has 4 heteroatoms. The van der Waals surface area contributed by atoms with Gasteiger partial charge in [0.2, 0.25) is 5.91 Å². The molecule has 0 aliphatic carbocycles. The lowest BCUT2D eigenvalue weighted by Crippen LogP contribution is -2.45. The number of alkyl halides is 1. The second-order valence-corrected chi connectivity index (χ2v) is 5.61. The van der Waals surface area contributed by atoms with Crippen LogP contribution in [0.5, 0.6) is 0 Å². The molecule has 1 unspecified atom stereocenters. The number of likely N-dealkylation sites (tertiary alicyclic amines) is 1. The zero-order valence-electron chi connectivity index (χ0n) is 9.87. The average Bonchev–Trinajstić information content (AvgIpc) is 2.19. The van der Waals surface area contributed by atoms with Crippen molar-refractivity contribution < 1.29 is 4.79 Å². The summed E-state index contributed by atoms with van der Waals surface area (Å²) in [7, 11) is 2.10. The lowest BCUT2D eigenvalue weighted by Gasteiger charge is -2.32.